The lowest BCUT2D eigenvalue weighted by molar-refractivity contribution is 0.0504. The zero-order chi connectivity index (χ0) is 17.2. The number of likely N-dealkylation sites (N-methyl/N-ethyl adjacent to an activating group) is 1. The lowest BCUT2D eigenvalue weighted by Crippen LogP contribution is -2.58. The van der Waals surface area contributed by atoms with Crippen molar-refractivity contribution in [3.63, 3.8) is 0 Å². The minimum atomic E-state index is -0.414. The predicted octanol–water partition coefficient (Wildman–Crippen LogP) is 1.73. The molecule has 1 aromatic carbocycles. The third kappa shape index (κ3) is 3.26. The predicted molar refractivity (Wildman–Crippen MR) is 90.9 cm³/mol. The van der Waals surface area contributed by atoms with Gasteiger partial charge >= 0.3 is 0 Å². The average Bonchev–Trinajstić information content (AvgIpc) is 2.75. The van der Waals surface area contributed by atoms with Gasteiger partial charge in [-0.1, -0.05) is 0 Å². The van der Waals surface area contributed by atoms with Crippen LogP contribution in [0.1, 0.15) is 29.6 Å². The molecule has 2 aliphatic rings. The van der Waals surface area contributed by atoms with Gasteiger partial charge in [0.15, 0.2) is 0 Å². The number of ether oxygens (including phenoxy) is 1. The van der Waals surface area contributed by atoms with E-state index < -0.39 is 5.82 Å². The molecule has 1 N–H and O–H groups in total. The number of piperidine rings is 1. The van der Waals surface area contributed by atoms with Gasteiger partial charge in [-0.15, -0.1) is 0 Å². The van der Waals surface area contributed by atoms with Crippen molar-refractivity contribution in [2.45, 2.75) is 24.8 Å². The van der Waals surface area contributed by atoms with Gasteiger partial charge in [-0.2, -0.15) is 0 Å². The molecule has 0 unspecified atom stereocenters. The van der Waals surface area contributed by atoms with Crippen molar-refractivity contribution in [1.82, 2.24) is 15.1 Å². The van der Waals surface area contributed by atoms with Crippen LogP contribution >= 0.6 is 0 Å². The molecule has 0 aromatic heterocycles. The van der Waals surface area contributed by atoms with E-state index in [4.69, 9.17) is 4.74 Å². The second kappa shape index (κ2) is 7.07. The molecule has 2 saturated heterocycles. The van der Waals surface area contributed by atoms with Crippen LogP contribution in [0.3, 0.4) is 0 Å². The van der Waals surface area contributed by atoms with E-state index >= 15 is 0 Å². The summed E-state index contributed by atoms with van der Waals surface area (Å²) in [5.74, 6) is -0.124. The van der Waals surface area contributed by atoms with E-state index in [0.717, 1.165) is 38.9 Å². The first-order valence-corrected chi connectivity index (χ1v) is 8.60. The molecule has 6 heteroatoms. The van der Waals surface area contributed by atoms with Gasteiger partial charge in [0.2, 0.25) is 0 Å². The monoisotopic (exact) mass is 335 g/mol. The minimum absolute atomic E-state index is 0.0119. The molecule has 0 atom stereocenters. The van der Waals surface area contributed by atoms with Crippen LogP contribution < -0.4 is 10.1 Å². The van der Waals surface area contributed by atoms with Crippen LogP contribution in [0.2, 0.25) is 0 Å². The Morgan fingerprint density at radius 2 is 2.04 bits per heavy atom. The van der Waals surface area contributed by atoms with Crippen molar-refractivity contribution >= 4 is 5.91 Å². The van der Waals surface area contributed by atoms with Crippen molar-refractivity contribution in [1.29, 1.82) is 0 Å². The Kier molecular flexibility index (Phi) is 5.06. The van der Waals surface area contributed by atoms with Gasteiger partial charge in [0, 0.05) is 25.2 Å². The van der Waals surface area contributed by atoms with Crippen LogP contribution in [0, 0.1) is 5.82 Å². The second-order valence-corrected chi connectivity index (χ2v) is 6.82. The molecule has 24 heavy (non-hydrogen) atoms. The van der Waals surface area contributed by atoms with Crippen LogP contribution in [0.5, 0.6) is 5.75 Å². The first-order valence-electron chi connectivity index (χ1n) is 8.60. The van der Waals surface area contributed by atoms with E-state index in [9.17, 15) is 9.18 Å². The van der Waals surface area contributed by atoms with Crippen LogP contribution in [-0.4, -0.2) is 68.1 Å². The fourth-order valence-corrected chi connectivity index (χ4v) is 3.91. The second-order valence-electron chi connectivity index (χ2n) is 6.82. The Balaban J connectivity index is 1.87. The van der Waals surface area contributed by atoms with E-state index in [1.807, 2.05) is 4.90 Å². The average molecular weight is 335 g/mol. The summed E-state index contributed by atoms with van der Waals surface area (Å²) in [4.78, 5) is 17.3. The Bertz CT molecular complexity index is 602. The van der Waals surface area contributed by atoms with Crippen molar-refractivity contribution in [3.05, 3.63) is 29.6 Å². The number of hydrogen-bond acceptors (Lipinski definition) is 4. The van der Waals surface area contributed by atoms with Gasteiger partial charge in [-0.3, -0.25) is 9.69 Å². The molecule has 2 fully saturated rings. The van der Waals surface area contributed by atoms with Crippen LogP contribution in [-0.2, 0) is 0 Å². The third-order valence-electron chi connectivity index (χ3n) is 5.43. The number of methoxy groups -OCH3 is 1. The molecule has 132 valence electrons. The van der Waals surface area contributed by atoms with Gasteiger partial charge in [0.05, 0.1) is 12.7 Å². The largest absolute Gasteiger partial charge is 0.496 e. The molecule has 1 aromatic rings. The zero-order valence-electron chi connectivity index (χ0n) is 14.5. The fraction of sp³-hybridized carbons (Fsp3) is 0.611. The fourth-order valence-electron chi connectivity index (χ4n) is 3.91. The summed E-state index contributed by atoms with van der Waals surface area (Å²) in [6.45, 7) is 4.29. The van der Waals surface area contributed by atoms with Gasteiger partial charge < -0.3 is 15.0 Å². The summed E-state index contributed by atoms with van der Waals surface area (Å²) < 4.78 is 18.9. The molecule has 1 amide bonds. The summed E-state index contributed by atoms with van der Waals surface area (Å²) in [6, 6.07) is 4.12. The number of halogens is 1. The highest BCUT2D eigenvalue weighted by atomic mass is 19.1. The Labute approximate surface area is 142 Å². The van der Waals surface area contributed by atoms with Crippen molar-refractivity contribution in [2.75, 3.05) is 46.9 Å². The van der Waals surface area contributed by atoms with Gasteiger partial charge in [0.25, 0.3) is 5.91 Å². The van der Waals surface area contributed by atoms with Gasteiger partial charge in [-0.25, -0.2) is 4.39 Å². The number of nitrogens with zero attached hydrogens (tertiary/aromatic N) is 2. The van der Waals surface area contributed by atoms with E-state index in [-0.39, 0.29) is 11.4 Å². The van der Waals surface area contributed by atoms with Crippen LogP contribution in [0.15, 0.2) is 18.2 Å². The van der Waals surface area contributed by atoms with Gasteiger partial charge in [-0.05, 0) is 57.6 Å². The molecular weight excluding hydrogens is 309 g/mol. The quantitative estimate of drug-likeness (QED) is 0.894. The molecule has 5 nitrogen and oxygen atoms in total. The van der Waals surface area contributed by atoms with Crippen molar-refractivity contribution < 1.29 is 13.9 Å². The highest BCUT2D eigenvalue weighted by Gasteiger charge is 2.40. The summed E-state index contributed by atoms with van der Waals surface area (Å²) in [5.41, 5.74) is 0.323. The minimum Gasteiger partial charge on any atom is -0.496 e. The third-order valence-corrected chi connectivity index (χ3v) is 5.43. The topological polar surface area (TPSA) is 44.8 Å². The molecule has 2 aliphatic heterocycles. The standard InChI is InChI=1S/C18H26FN3O2/c1-21-10-3-11-22(13-18(21)6-8-20-9-7-18)17(23)15-12-14(19)4-5-16(15)24-2/h4-5,12,20H,3,6-11,13H2,1-2H3. The molecule has 0 radical (unpaired) electrons. The zero-order valence-corrected chi connectivity index (χ0v) is 14.5. The SMILES string of the molecule is COc1ccc(F)cc1C(=O)N1CCCN(C)C2(CCNCC2)C1. The number of nitrogens with one attached hydrogen (secondary N) is 1. The molecule has 0 aliphatic carbocycles. The molecule has 3 rings (SSSR count). The number of carbonyl (C=O) groups is 1. The molecule has 0 saturated carbocycles. The number of hydrogen-bond donors (Lipinski definition) is 1. The van der Waals surface area contributed by atoms with E-state index in [1.165, 1.54) is 25.3 Å². The first-order chi connectivity index (χ1) is 11.6. The summed E-state index contributed by atoms with van der Waals surface area (Å²) >= 11 is 0. The highest BCUT2D eigenvalue weighted by molar-refractivity contribution is 5.97. The number of amides is 1. The van der Waals surface area contributed by atoms with E-state index in [0.29, 0.717) is 24.4 Å². The lowest BCUT2D eigenvalue weighted by Gasteiger charge is -2.45. The Morgan fingerprint density at radius 3 is 2.75 bits per heavy atom. The van der Waals surface area contributed by atoms with Gasteiger partial charge in [0.1, 0.15) is 11.6 Å². The van der Waals surface area contributed by atoms with Crippen molar-refractivity contribution in [2.24, 2.45) is 0 Å². The maximum absolute atomic E-state index is 13.7. The maximum atomic E-state index is 13.7. The number of benzene rings is 1. The van der Waals surface area contributed by atoms with Crippen molar-refractivity contribution in [3.8, 4) is 5.75 Å². The molecule has 2 heterocycles. The summed E-state index contributed by atoms with van der Waals surface area (Å²) in [7, 11) is 3.66. The number of rotatable bonds is 2. The van der Waals surface area contributed by atoms with E-state index in [2.05, 4.69) is 17.3 Å². The molecular formula is C18H26FN3O2. The number of carbonyl (C=O) groups excluding carboxylic acids is 1. The Hall–Kier alpha value is -1.66. The van der Waals surface area contributed by atoms with Crippen LogP contribution in [0.25, 0.3) is 0 Å². The normalized spacial score (nSPS) is 21.5. The summed E-state index contributed by atoms with van der Waals surface area (Å²) in [6.07, 6.45) is 2.97. The first kappa shape index (κ1) is 17.2. The summed E-state index contributed by atoms with van der Waals surface area (Å²) in [5, 5.41) is 3.40. The Morgan fingerprint density at radius 1 is 1.29 bits per heavy atom. The smallest absolute Gasteiger partial charge is 0.257 e. The molecule has 0 bridgehead atoms. The van der Waals surface area contributed by atoms with Crippen LogP contribution in [0.4, 0.5) is 4.39 Å². The molecule has 1 spiro atoms. The van der Waals surface area contributed by atoms with E-state index in [1.54, 1.807) is 0 Å². The lowest BCUT2D eigenvalue weighted by atomic mass is 9.86. The highest BCUT2D eigenvalue weighted by Crippen LogP contribution is 2.30. The maximum Gasteiger partial charge on any atom is 0.257 e.